The minimum atomic E-state index is -0.331. The molecule has 0 saturated carbocycles. The molecule has 1 aromatic rings. The maximum atomic E-state index is 12.3. The van der Waals surface area contributed by atoms with Crippen LogP contribution in [-0.4, -0.2) is 42.4 Å². The van der Waals surface area contributed by atoms with E-state index in [1.54, 1.807) is 6.20 Å². The Labute approximate surface area is 101 Å². The van der Waals surface area contributed by atoms with Gasteiger partial charge in [0.15, 0.2) is 0 Å². The van der Waals surface area contributed by atoms with Gasteiger partial charge in [0.25, 0.3) is 0 Å². The monoisotopic (exact) mass is 239 g/mol. The molecule has 1 atom stereocenters. The third-order valence-electron chi connectivity index (χ3n) is 2.90. The van der Waals surface area contributed by atoms with Crippen molar-refractivity contribution in [1.29, 1.82) is 0 Å². The van der Waals surface area contributed by atoms with Crippen molar-refractivity contribution in [3.05, 3.63) is 18.1 Å². The second-order valence-corrected chi connectivity index (χ2v) is 4.10. The molecule has 2 heterocycles. The Morgan fingerprint density at radius 1 is 1.59 bits per heavy atom. The fourth-order valence-electron chi connectivity index (χ4n) is 1.96. The van der Waals surface area contributed by atoms with Crippen LogP contribution < -0.4 is 4.90 Å². The number of halogens is 1. The normalized spacial score (nSPS) is 20.6. The number of alkyl halides is 1. The molecule has 1 fully saturated rings. The Hall–Kier alpha value is -1.23. The first kappa shape index (κ1) is 12.2. The third-order valence-corrected chi connectivity index (χ3v) is 2.90. The summed E-state index contributed by atoms with van der Waals surface area (Å²) in [5.74, 6) is 1.76. The van der Waals surface area contributed by atoms with E-state index in [2.05, 4.69) is 14.9 Å². The van der Waals surface area contributed by atoms with Crippen molar-refractivity contribution in [1.82, 2.24) is 9.97 Å². The Kier molecular flexibility index (Phi) is 4.25. The van der Waals surface area contributed by atoms with Crippen molar-refractivity contribution in [2.45, 2.75) is 25.9 Å². The number of hydrogen-bond acceptors (Lipinski definition) is 4. The molecule has 1 aromatic heterocycles. The maximum Gasteiger partial charge on any atom is 0.132 e. The second kappa shape index (κ2) is 5.91. The average Bonchev–Trinajstić information content (AvgIpc) is 2.40. The summed E-state index contributed by atoms with van der Waals surface area (Å²) < 4.78 is 17.8. The smallest absolute Gasteiger partial charge is 0.132 e. The zero-order valence-electron chi connectivity index (χ0n) is 10.1. The summed E-state index contributed by atoms with van der Waals surface area (Å²) in [4.78, 5) is 10.8. The average molecular weight is 239 g/mol. The molecule has 1 aliphatic heterocycles. The fourth-order valence-corrected chi connectivity index (χ4v) is 1.96. The van der Waals surface area contributed by atoms with E-state index in [-0.39, 0.29) is 12.8 Å². The van der Waals surface area contributed by atoms with Crippen LogP contribution in [0.1, 0.15) is 19.2 Å². The predicted molar refractivity (Wildman–Crippen MR) is 64.0 cm³/mol. The van der Waals surface area contributed by atoms with Gasteiger partial charge in [0.05, 0.1) is 19.4 Å². The van der Waals surface area contributed by atoms with Crippen LogP contribution in [0.5, 0.6) is 0 Å². The lowest BCUT2D eigenvalue weighted by atomic mass is 10.2. The number of ether oxygens (including phenoxy) is 1. The van der Waals surface area contributed by atoms with Crippen molar-refractivity contribution < 1.29 is 9.13 Å². The van der Waals surface area contributed by atoms with Crippen molar-refractivity contribution in [3.63, 3.8) is 0 Å². The van der Waals surface area contributed by atoms with E-state index in [4.69, 9.17) is 4.74 Å². The summed E-state index contributed by atoms with van der Waals surface area (Å²) in [5.41, 5.74) is 0. The SMILES string of the molecule is CCc1nccc(N2CCO[C@@H](CCF)C2)n1. The predicted octanol–water partition coefficient (Wildman–Crippen LogP) is 1.60. The minimum Gasteiger partial charge on any atom is -0.374 e. The van der Waals surface area contributed by atoms with E-state index in [1.165, 1.54) is 0 Å². The topological polar surface area (TPSA) is 38.2 Å². The lowest BCUT2D eigenvalue weighted by Crippen LogP contribution is -2.43. The number of hydrogen-bond donors (Lipinski definition) is 0. The lowest BCUT2D eigenvalue weighted by molar-refractivity contribution is 0.0310. The molecular weight excluding hydrogens is 221 g/mol. The van der Waals surface area contributed by atoms with E-state index in [0.29, 0.717) is 19.6 Å². The fraction of sp³-hybridized carbons (Fsp3) is 0.667. The maximum absolute atomic E-state index is 12.3. The Morgan fingerprint density at radius 3 is 3.24 bits per heavy atom. The minimum absolute atomic E-state index is 0.0196. The van der Waals surface area contributed by atoms with Crippen molar-refractivity contribution in [2.24, 2.45) is 0 Å². The van der Waals surface area contributed by atoms with E-state index in [0.717, 1.165) is 24.6 Å². The number of anilines is 1. The molecular formula is C12H18FN3O. The first-order valence-corrected chi connectivity index (χ1v) is 6.08. The van der Waals surface area contributed by atoms with Gasteiger partial charge in [-0.05, 0) is 6.07 Å². The van der Waals surface area contributed by atoms with E-state index < -0.39 is 0 Å². The van der Waals surface area contributed by atoms with Crippen LogP contribution in [0.25, 0.3) is 0 Å². The number of morpholine rings is 1. The zero-order valence-corrected chi connectivity index (χ0v) is 10.1. The molecule has 4 nitrogen and oxygen atoms in total. The van der Waals surface area contributed by atoms with Gasteiger partial charge in [-0.1, -0.05) is 6.92 Å². The number of aromatic nitrogens is 2. The largest absolute Gasteiger partial charge is 0.374 e. The summed E-state index contributed by atoms with van der Waals surface area (Å²) in [6.07, 6.45) is 3.04. The molecule has 0 aromatic carbocycles. The molecule has 0 aliphatic carbocycles. The molecule has 1 aliphatic rings. The van der Waals surface area contributed by atoms with E-state index >= 15 is 0 Å². The van der Waals surface area contributed by atoms with Crippen LogP contribution in [0.3, 0.4) is 0 Å². The highest BCUT2D eigenvalue weighted by atomic mass is 19.1. The van der Waals surface area contributed by atoms with Crippen LogP contribution in [0.2, 0.25) is 0 Å². The molecule has 94 valence electrons. The Balaban J connectivity index is 2.05. The van der Waals surface area contributed by atoms with Gasteiger partial charge < -0.3 is 9.64 Å². The zero-order chi connectivity index (χ0) is 12.1. The molecule has 0 spiro atoms. The van der Waals surface area contributed by atoms with Gasteiger partial charge in [-0.2, -0.15) is 0 Å². The van der Waals surface area contributed by atoms with Crippen molar-refractivity contribution in [3.8, 4) is 0 Å². The number of nitrogens with zero attached hydrogens (tertiary/aromatic N) is 3. The second-order valence-electron chi connectivity index (χ2n) is 4.10. The Bertz CT molecular complexity index is 359. The summed E-state index contributed by atoms with van der Waals surface area (Å²) in [5, 5.41) is 0. The van der Waals surface area contributed by atoms with Crippen LogP contribution >= 0.6 is 0 Å². The van der Waals surface area contributed by atoms with Gasteiger partial charge in [-0.3, -0.25) is 4.39 Å². The molecule has 0 bridgehead atoms. The van der Waals surface area contributed by atoms with E-state index in [9.17, 15) is 4.39 Å². The molecule has 1 saturated heterocycles. The van der Waals surface area contributed by atoms with E-state index in [1.807, 2.05) is 13.0 Å². The summed E-state index contributed by atoms with van der Waals surface area (Å²) in [6, 6.07) is 1.90. The first-order chi connectivity index (χ1) is 8.33. The molecule has 0 unspecified atom stereocenters. The summed E-state index contributed by atoms with van der Waals surface area (Å²) >= 11 is 0. The van der Waals surface area contributed by atoms with Gasteiger partial charge in [0.1, 0.15) is 11.6 Å². The first-order valence-electron chi connectivity index (χ1n) is 6.08. The van der Waals surface area contributed by atoms with Crippen molar-refractivity contribution in [2.75, 3.05) is 31.3 Å². The van der Waals surface area contributed by atoms with Crippen LogP contribution in [-0.2, 0) is 11.2 Å². The highest BCUT2D eigenvalue weighted by molar-refractivity contribution is 5.38. The Morgan fingerprint density at radius 2 is 2.47 bits per heavy atom. The highest BCUT2D eigenvalue weighted by Crippen LogP contribution is 2.16. The third kappa shape index (κ3) is 3.12. The summed E-state index contributed by atoms with van der Waals surface area (Å²) in [6.45, 7) is 3.86. The molecule has 0 N–H and O–H groups in total. The quantitative estimate of drug-likeness (QED) is 0.800. The van der Waals surface area contributed by atoms with Gasteiger partial charge >= 0.3 is 0 Å². The van der Waals surface area contributed by atoms with Gasteiger partial charge in [0.2, 0.25) is 0 Å². The standard InChI is InChI=1S/C12H18FN3O/c1-2-11-14-6-4-12(15-11)16-7-8-17-10(9-16)3-5-13/h4,6,10H,2-3,5,7-9H2,1H3/t10-/m0/s1. The highest BCUT2D eigenvalue weighted by Gasteiger charge is 2.21. The molecule has 2 rings (SSSR count). The molecule has 0 amide bonds. The van der Waals surface area contributed by atoms with Gasteiger partial charge in [-0.15, -0.1) is 0 Å². The number of rotatable bonds is 4. The van der Waals surface area contributed by atoms with Crippen LogP contribution in [0.15, 0.2) is 12.3 Å². The molecule has 17 heavy (non-hydrogen) atoms. The van der Waals surface area contributed by atoms with Crippen LogP contribution in [0.4, 0.5) is 10.2 Å². The van der Waals surface area contributed by atoms with Gasteiger partial charge in [-0.25, -0.2) is 9.97 Å². The van der Waals surface area contributed by atoms with Gasteiger partial charge in [0, 0.05) is 32.1 Å². The lowest BCUT2D eigenvalue weighted by Gasteiger charge is -2.33. The molecule has 5 heteroatoms. The number of aryl methyl sites for hydroxylation is 1. The summed E-state index contributed by atoms with van der Waals surface area (Å²) in [7, 11) is 0. The molecule has 0 radical (unpaired) electrons. The van der Waals surface area contributed by atoms with Crippen molar-refractivity contribution >= 4 is 5.82 Å². The van der Waals surface area contributed by atoms with Crippen LogP contribution in [0, 0.1) is 0 Å².